The highest BCUT2D eigenvalue weighted by molar-refractivity contribution is 6.35. The molecule has 3 aromatic rings. The number of carbonyl (C=O) groups excluding carboxylic acids is 3. The fourth-order valence-corrected chi connectivity index (χ4v) is 7.91. The summed E-state index contributed by atoms with van der Waals surface area (Å²) in [5.41, 5.74) is 2.31. The number of carbonyl (C=O) groups is 3. The molecule has 0 saturated carbocycles. The van der Waals surface area contributed by atoms with Gasteiger partial charge in [-0.2, -0.15) is 4.68 Å². The molecule has 0 N–H and O–H groups in total. The van der Waals surface area contributed by atoms with E-state index < -0.39 is 35.7 Å². The van der Waals surface area contributed by atoms with E-state index in [2.05, 4.69) is 15.5 Å². The van der Waals surface area contributed by atoms with Gasteiger partial charge in [0.25, 0.3) is 0 Å². The highest BCUT2D eigenvalue weighted by Gasteiger charge is 2.68. The molecule has 240 valence electrons. The highest BCUT2D eigenvalue weighted by atomic mass is 35.5. The number of para-hydroxylation sites is 1. The zero-order chi connectivity index (χ0) is 32.3. The van der Waals surface area contributed by atoms with Crippen molar-refractivity contribution in [3.05, 3.63) is 81.1 Å². The van der Waals surface area contributed by atoms with Crippen molar-refractivity contribution in [1.29, 1.82) is 0 Å². The molecule has 5 heterocycles. The maximum atomic E-state index is 14.7. The SMILES string of the molecule is CCOC(=O)N1CCN(C(=O)[C@@H]2[C@@H]3C=C[C@]4(CN([C@@H](c5ccc(Cl)cc5Cl)c5nnnn5-c5c(C)cccc5C)C(=O)[C@H]24)O3)CC1. The molecule has 14 heteroatoms. The summed E-state index contributed by atoms with van der Waals surface area (Å²) in [4.78, 5) is 46.0. The van der Waals surface area contributed by atoms with Gasteiger partial charge in [0.2, 0.25) is 11.8 Å². The molecular formula is C32H33Cl2N7O5. The lowest BCUT2D eigenvalue weighted by atomic mass is 9.76. The van der Waals surface area contributed by atoms with Crippen molar-refractivity contribution in [1.82, 2.24) is 34.9 Å². The van der Waals surface area contributed by atoms with Gasteiger partial charge in [-0.1, -0.05) is 59.6 Å². The molecule has 4 aliphatic rings. The van der Waals surface area contributed by atoms with Crippen LogP contribution in [0.5, 0.6) is 0 Å². The predicted molar refractivity (Wildman–Crippen MR) is 168 cm³/mol. The van der Waals surface area contributed by atoms with Gasteiger partial charge in [0.05, 0.1) is 36.8 Å². The third-order valence-corrected chi connectivity index (χ3v) is 10.1. The minimum absolute atomic E-state index is 0.165. The zero-order valence-electron chi connectivity index (χ0n) is 25.6. The predicted octanol–water partition coefficient (Wildman–Crippen LogP) is 3.76. The van der Waals surface area contributed by atoms with Crippen LogP contribution < -0.4 is 0 Å². The molecule has 3 fully saturated rings. The third-order valence-electron chi connectivity index (χ3n) is 9.49. The quantitative estimate of drug-likeness (QED) is 0.365. The zero-order valence-corrected chi connectivity index (χ0v) is 27.1. The van der Waals surface area contributed by atoms with Crippen molar-refractivity contribution in [2.45, 2.75) is 38.5 Å². The smallest absolute Gasteiger partial charge is 0.409 e. The molecule has 12 nitrogen and oxygen atoms in total. The van der Waals surface area contributed by atoms with E-state index in [0.717, 1.165) is 16.8 Å². The van der Waals surface area contributed by atoms with Gasteiger partial charge in [0, 0.05) is 41.8 Å². The van der Waals surface area contributed by atoms with Crippen LogP contribution in [0.1, 0.15) is 35.5 Å². The number of aromatic nitrogens is 4. The first-order chi connectivity index (χ1) is 22.1. The van der Waals surface area contributed by atoms with E-state index in [1.54, 1.807) is 44.5 Å². The number of piperazine rings is 1. The molecule has 3 saturated heterocycles. The van der Waals surface area contributed by atoms with Crippen LogP contribution >= 0.6 is 23.2 Å². The van der Waals surface area contributed by atoms with E-state index in [9.17, 15) is 14.4 Å². The van der Waals surface area contributed by atoms with Crippen LogP contribution in [-0.2, 0) is 19.1 Å². The third kappa shape index (κ3) is 4.85. The molecule has 5 atom stereocenters. The van der Waals surface area contributed by atoms with Gasteiger partial charge in [-0.3, -0.25) is 9.59 Å². The summed E-state index contributed by atoms with van der Waals surface area (Å²) in [6.45, 7) is 7.56. The topological polar surface area (TPSA) is 123 Å². The Morgan fingerprint density at radius 1 is 1.09 bits per heavy atom. The second-order valence-corrected chi connectivity index (χ2v) is 13.0. The second-order valence-electron chi connectivity index (χ2n) is 12.1. The Morgan fingerprint density at radius 3 is 2.50 bits per heavy atom. The number of tetrazole rings is 1. The van der Waals surface area contributed by atoms with E-state index in [-0.39, 0.29) is 25.0 Å². The summed E-state index contributed by atoms with van der Waals surface area (Å²) >= 11 is 13.1. The molecular weight excluding hydrogens is 633 g/mol. The summed E-state index contributed by atoms with van der Waals surface area (Å²) in [6, 6.07) is 10.2. The standard InChI is InChI=1S/C32H33Cl2N7O5/c1-4-45-31(44)39-14-12-38(13-15-39)29(42)24-23-10-11-32(46-23)17-40(30(43)25(24)32)27(21-9-8-20(33)16-22(21)34)28-35-36-37-41(28)26-18(2)6-5-7-19(26)3/h5-11,16,23-25,27H,4,12-15,17H2,1-3H3/t23-,24+,25-,27-,32+/m0/s1. The summed E-state index contributed by atoms with van der Waals surface area (Å²) in [5, 5.41) is 13.6. The Labute approximate surface area is 275 Å². The van der Waals surface area contributed by atoms with Crippen LogP contribution in [0, 0.1) is 25.7 Å². The number of likely N-dealkylation sites (tertiary alicyclic amines) is 1. The summed E-state index contributed by atoms with van der Waals surface area (Å²) in [6.07, 6.45) is 2.88. The van der Waals surface area contributed by atoms with Crippen LogP contribution in [0.3, 0.4) is 0 Å². The van der Waals surface area contributed by atoms with E-state index in [0.29, 0.717) is 47.6 Å². The molecule has 2 aromatic carbocycles. The number of hydrogen-bond acceptors (Lipinski definition) is 8. The Balaban J connectivity index is 1.24. The Bertz CT molecular complexity index is 1740. The summed E-state index contributed by atoms with van der Waals surface area (Å²) in [5.74, 6) is -1.49. The second kappa shape index (κ2) is 11.7. The molecule has 0 aliphatic carbocycles. The molecule has 46 heavy (non-hydrogen) atoms. The lowest BCUT2D eigenvalue weighted by Crippen LogP contribution is -2.54. The average Bonchev–Trinajstić information content (AvgIpc) is 3.80. The first-order valence-corrected chi connectivity index (χ1v) is 16.1. The molecule has 2 bridgehead atoms. The lowest BCUT2D eigenvalue weighted by Gasteiger charge is -2.37. The van der Waals surface area contributed by atoms with E-state index in [4.69, 9.17) is 32.7 Å². The molecule has 0 radical (unpaired) electrons. The number of ether oxygens (including phenoxy) is 2. The van der Waals surface area contributed by atoms with Crippen LogP contribution in [0.2, 0.25) is 10.0 Å². The minimum Gasteiger partial charge on any atom is -0.450 e. The van der Waals surface area contributed by atoms with Gasteiger partial charge in [-0.05, 0) is 54.5 Å². The van der Waals surface area contributed by atoms with Gasteiger partial charge in [0.15, 0.2) is 5.82 Å². The monoisotopic (exact) mass is 665 g/mol. The van der Waals surface area contributed by atoms with Gasteiger partial charge < -0.3 is 24.2 Å². The normalized spacial score (nSPS) is 25.7. The number of aryl methyl sites for hydroxylation is 2. The number of fused-ring (bicyclic) bond motifs is 1. The number of hydrogen-bond donors (Lipinski definition) is 0. The summed E-state index contributed by atoms with van der Waals surface area (Å²) in [7, 11) is 0. The van der Waals surface area contributed by atoms with Crippen molar-refractivity contribution < 1.29 is 23.9 Å². The highest BCUT2D eigenvalue weighted by Crippen LogP contribution is 2.54. The summed E-state index contributed by atoms with van der Waals surface area (Å²) < 4.78 is 13.3. The molecule has 1 aromatic heterocycles. The molecule has 1 spiro atoms. The van der Waals surface area contributed by atoms with Crippen LogP contribution in [-0.4, -0.2) is 104 Å². The van der Waals surface area contributed by atoms with Gasteiger partial charge in [0.1, 0.15) is 11.6 Å². The fraction of sp³-hybridized carbons (Fsp3) is 0.438. The first-order valence-electron chi connectivity index (χ1n) is 15.3. The maximum absolute atomic E-state index is 14.7. The number of amides is 3. The Morgan fingerprint density at radius 2 is 1.80 bits per heavy atom. The van der Waals surface area contributed by atoms with Crippen molar-refractivity contribution >= 4 is 41.1 Å². The number of nitrogens with zero attached hydrogens (tertiary/aromatic N) is 7. The molecule has 7 rings (SSSR count). The first kappa shape index (κ1) is 30.6. The van der Waals surface area contributed by atoms with Gasteiger partial charge >= 0.3 is 6.09 Å². The number of benzene rings is 2. The number of rotatable bonds is 6. The lowest BCUT2D eigenvalue weighted by molar-refractivity contribution is -0.144. The van der Waals surface area contributed by atoms with E-state index >= 15 is 0 Å². The molecule has 0 unspecified atom stereocenters. The average molecular weight is 667 g/mol. The Hall–Kier alpha value is -4.00. The number of halogens is 2. The van der Waals surface area contributed by atoms with Crippen molar-refractivity contribution in [3.8, 4) is 5.69 Å². The molecule has 3 amide bonds. The minimum atomic E-state index is -0.997. The van der Waals surface area contributed by atoms with Crippen LogP contribution in [0.25, 0.3) is 5.69 Å². The van der Waals surface area contributed by atoms with Crippen molar-refractivity contribution in [3.63, 3.8) is 0 Å². The Kier molecular flexibility index (Phi) is 7.77. The maximum Gasteiger partial charge on any atom is 0.409 e. The largest absolute Gasteiger partial charge is 0.450 e. The van der Waals surface area contributed by atoms with Crippen molar-refractivity contribution in [2.24, 2.45) is 11.8 Å². The van der Waals surface area contributed by atoms with Crippen molar-refractivity contribution in [2.75, 3.05) is 39.3 Å². The molecule has 4 aliphatic heterocycles. The van der Waals surface area contributed by atoms with E-state index in [1.165, 1.54) is 0 Å². The van der Waals surface area contributed by atoms with E-state index in [1.807, 2.05) is 44.2 Å². The fourth-order valence-electron chi connectivity index (χ4n) is 7.40. The van der Waals surface area contributed by atoms with Gasteiger partial charge in [-0.15, -0.1) is 5.10 Å². The van der Waals surface area contributed by atoms with Crippen LogP contribution in [0.4, 0.5) is 4.79 Å². The van der Waals surface area contributed by atoms with Crippen LogP contribution in [0.15, 0.2) is 48.6 Å². The van der Waals surface area contributed by atoms with Gasteiger partial charge in [-0.25, -0.2) is 4.79 Å².